The van der Waals surface area contributed by atoms with Crippen molar-refractivity contribution in [1.82, 2.24) is 4.90 Å². The van der Waals surface area contributed by atoms with E-state index in [0.717, 1.165) is 12.0 Å². The molecular weight excluding hydrogens is 380 g/mol. The molecule has 2 heterocycles. The lowest BCUT2D eigenvalue weighted by molar-refractivity contribution is -0.137. The average molecular weight is 409 g/mol. The molecule has 0 spiro atoms. The van der Waals surface area contributed by atoms with Gasteiger partial charge in [-0.2, -0.15) is 0 Å². The summed E-state index contributed by atoms with van der Waals surface area (Å²) in [5.74, 6) is 0.155. The zero-order chi connectivity index (χ0) is 20.5. The fraction of sp³-hybridized carbons (Fsp3) is 0.600. The Morgan fingerprint density at radius 3 is 2.50 bits per heavy atom. The Labute approximate surface area is 166 Å². The Kier molecular flexibility index (Phi) is 5.98. The van der Waals surface area contributed by atoms with E-state index in [1.54, 1.807) is 23.1 Å². The van der Waals surface area contributed by atoms with Crippen molar-refractivity contribution >= 4 is 27.6 Å². The van der Waals surface area contributed by atoms with Crippen LogP contribution in [0.15, 0.2) is 18.2 Å². The minimum atomic E-state index is -3.35. The number of aryl methyl sites for hydroxylation is 1. The minimum Gasteiger partial charge on any atom is -0.452 e. The summed E-state index contributed by atoms with van der Waals surface area (Å²) in [7, 11) is -3.35. The molecule has 8 heteroatoms. The third-order valence-electron chi connectivity index (χ3n) is 5.34. The molecule has 7 nitrogen and oxygen atoms in total. The van der Waals surface area contributed by atoms with Crippen molar-refractivity contribution in [3.63, 3.8) is 0 Å². The van der Waals surface area contributed by atoms with Crippen molar-refractivity contribution in [3.8, 4) is 0 Å². The van der Waals surface area contributed by atoms with E-state index in [-0.39, 0.29) is 12.5 Å². The van der Waals surface area contributed by atoms with E-state index in [1.165, 1.54) is 10.6 Å². The molecule has 1 fully saturated rings. The number of hydrogen-bond donors (Lipinski definition) is 0. The summed E-state index contributed by atoms with van der Waals surface area (Å²) in [4.78, 5) is 26.6. The van der Waals surface area contributed by atoms with Crippen LogP contribution in [-0.4, -0.2) is 57.7 Å². The number of piperidine rings is 1. The van der Waals surface area contributed by atoms with Crippen LogP contribution in [0.4, 0.5) is 5.69 Å². The lowest BCUT2D eigenvalue weighted by atomic mass is 9.92. The molecule has 0 unspecified atom stereocenters. The first-order valence-electron chi connectivity index (χ1n) is 9.70. The normalized spacial score (nSPS) is 22.5. The number of benzene rings is 1. The minimum absolute atomic E-state index is 0.173. The van der Waals surface area contributed by atoms with Gasteiger partial charge in [-0.3, -0.25) is 9.10 Å². The van der Waals surface area contributed by atoms with E-state index >= 15 is 0 Å². The highest BCUT2D eigenvalue weighted by Crippen LogP contribution is 2.30. The number of carbonyl (C=O) groups excluding carboxylic acids is 2. The maximum Gasteiger partial charge on any atom is 0.338 e. The summed E-state index contributed by atoms with van der Waals surface area (Å²) < 4.78 is 30.5. The molecule has 0 saturated carbocycles. The summed E-state index contributed by atoms with van der Waals surface area (Å²) in [6.07, 6.45) is 3.68. The van der Waals surface area contributed by atoms with Gasteiger partial charge in [0.1, 0.15) is 0 Å². The number of anilines is 1. The number of carbonyl (C=O) groups is 2. The third kappa shape index (κ3) is 4.66. The van der Waals surface area contributed by atoms with Crippen LogP contribution in [0, 0.1) is 11.8 Å². The van der Waals surface area contributed by atoms with E-state index in [1.807, 2.05) is 0 Å². The maximum atomic E-state index is 12.4. The number of hydrogen-bond acceptors (Lipinski definition) is 5. The first-order valence-corrected chi connectivity index (χ1v) is 11.6. The molecule has 0 bridgehead atoms. The van der Waals surface area contributed by atoms with Gasteiger partial charge in [0.05, 0.1) is 17.5 Å². The second-order valence-electron chi connectivity index (χ2n) is 8.10. The third-order valence-corrected chi connectivity index (χ3v) is 6.52. The van der Waals surface area contributed by atoms with Crippen molar-refractivity contribution in [2.45, 2.75) is 33.1 Å². The van der Waals surface area contributed by atoms with Gasteiger partial charge in [-0.15, -0.1) is 0 Å². The number of nitrogens with zero attached hydrogens (tertiary/aromatic N) is 2. The van der Waals surface area contributed by atoms with Gasteiger partial charge in [-0.05, 0) is 54.9 Å². The second-order valence-corrected chi connectivity index (χ2v) is 10.0. The first kappa shape index (κ1) is 20.6. The Hall–Kier alpha value is -2.09. The second kappa shape index (κ2) is 8.11. The number of rotatable bonds is 4. The molecule has 1 aromatic rings. The van der Waals surface area contributed by atoms with Crippen LogP contribution in [-0.2, 0) is 26.0 Å². The van der Waals surface area contributed by atoms with E-state index in [0.29, 0.717) is 55.6 Å². The predicted octanol–water partition coefficient (Wildman–Crippen LogP) is 2.06. The molecule has 0 N–H and O–H groups in total. The van der Waals surface area contributed by atoms with Gasteiger partial charge >= 0.3 is 5.97 Å². The maximum absolute atomic E-state index is 12.4. The molecule has 0 aliphatic carbocycles. The number of likely N-dealkylation sites (tertiary alicyclic amines) is 1. The fourth-order valence-electron chi connectivity index (χ4n) is 4.20. The summed E-state index contributed by atoms with van der Waals surface area (Å²) in [5, 5.41) is 0. The molecule has 1 aromatic carbocycles. The Morgan fingerprint density at radius 2 is 1.86 bits per heavy atom. The SMILES string of the molecule is C[C@H]1C[C@H](C)CN(C(=O)COC(=O)c2ccc3c(c2)CCCN3S(C)(=O)=O)C1. The van der Waals surface area contributed by atoms with Crippen molar-refractivity contribution in [3.05, 3.63) is 29.3 Å². The van der Waals surface area contributed by atoms with Crippen LogP contribution in [0.1, 0.15) is 42.6 Å². The summed E-state index contributed by atoms with van der Waals surface area (Å²) in [6, 6.07) is 4.87. The number of esters is 1. The lowest BCUT2D eigenvalue weighted by Crippen LogP contribution is -2.44. The van der Waals surface area contributed by atoms with Crippen LogP contribution < -0.4 is 4.31 Å². The molecule has 0 aromatic heterocycles. The van der Waals surface area contributed by atoms with Gasteiger partial charge in [0.2, 0.25) is 10.0 Å². The first-order chi connectivity index (χ1) is 13.1. The molecule has 154 valence electrons. The predicted molar refractivity (Wildman–Crippen MR) is 107 cm³/mol. The van der Waals surface area contributed by atoms with Crippen LogP contribution in [0.2, 0.25) is 0 Å². The van der Waals surface area contributed by atoms with E-state index in [2.05, 4.69) is 13.8 Å². The van der Waals surface area contributed by atoms with Crippen LogP contribution >= 0.6 is 0 Å². The summed E-state index contributed by atoms with van der Waals surface area (Å²) in [5.41, 5.74) is 1.75. The highest BCUT2D eigenvalue weighted by Gasteiger charge is 2.27. The number of ether oxygens (including phenoxy) is 1. The topological polar surface area (TPSA) is 84.0 Å². The summed E-state index contributed by atoms with van der Waals surface area (Å²) in [6.45, 7) is 5.80. The van der Waals surface area contributed by atoms with Crippen molar-refractivity contribution in [2.24, 2.45) is 11.8 Å². The van der Waals surface area contributed by atoms with Crippen molar-refractivity contribution in [2.75, 3.05) is 36.8 Å². The van der Waals surface area contributed by atoms with Crippen LogP contribution in [0.25, 0.3) is 0 Å². The molecule has 1 amide bonds. The Bertz CT molecular complexity index is 857. The molecule has 2 atom stereocenters. The molecule has 3 rings (SSSR count). The van der Waals surface area contributed by atoms with E-state index in [9.17, 15) is 18.0 Å². The lowest BCUT2D eigenvalue weighted by Gasteiger charge is -2.34. The largest absolute Gasteiger partial charge is 0.452 e. The smallest absolute Gasteiger partial charge is 0.338 e. The van der Waals surface area contributed by atoms with Crippen molar-refractivity contribution < 1.29 is 22.7 Å². The van der Waals surface area contributed by atoms with Gasteiger partial charge in [-0.25, -0.2) is 13.2 Å². The molecule has 28 heavy (non-hydrogen) atoms. The fourth-order valence-corrected chi connectivity index (χ4v) is 5.20. The molecular formula is C20H28N2O5S. The number of amides is 1. The van der Waals surface area contributed by atoms with E-state index < -0.39 is 16.0 Å². The van der Waals surface area contributed by atoms with Gasteiger partial charge in [0.15, 0.2) is 6.61 Å². The monoisotopic (exact) mass is 408 g/mol. The molecule has 2 aliphatic heterocycles. The Morgan fingerprint density at radius 1 is 1.18 bits per heavy atom. The molecule has 2 aliphatic rings. The van der Waals surface area contributed by atoms with E-state index in [4.69, 9.17) is 4.74 Å². The number of sulfonamides is 1. The van der Waals surface area contributed by atoms with Gasteiger partial charge in [0.25, 0.3) is 5.91 Å². The highest BCUT2D eigenvalue weighted by atomic mass is 32.2. The zero-order valence-corrected chi connectivity index (χ0v) is 17.5. The molecule has 1 saturated heterocycles. The average Bonchev–Trinajstić information content (AvgIpc) is 2.63. The van der Waals surface area contributed by atoms with Gasteiger partial charge < -0.3 is 9.64 Å². The quantitative estimate of drug-likeness (QED) is 0.712. The molecule has 0 radical (unpaired) electrons. The Balaban J connectivity index is 1.64. The van der Waals surface area contributed by atoms with Crippen molar-refractivity contribution in [1.29, 1.82) is 0 Å². The van der Waals surface area contributed by atoms with Crippen LogP contribution in [0.3, 0.4) is 0 Å². The van der Waals surface area contributed by atoms with Gasteiger partial charge in [0, 0.05) is 19.6 Å². The number of fused-ring (bicyclic) bond motifs is 1. The standard InChI is InChI=1S/C20H28N2O5S/c1-14-9-15(2)12-21(11-14)19(23)13-27-20(24)17-6-7-18-16(10-17)5-4-8-22(18)28(3,25)26/h6-7,10,14-15H,4-5,8-9,11-13H2,1-3H3/t14-,15-/m0/s1. The van der Waals surface area contributed by atoms with Crippen LogP contribution in [0.5, 0.6) is 0 Å². The summed E-state index contributed by atoms with van der Waals surface area (Å²) >= 11 is 0. The zero-order valence-electron chi connectivity index (χ0n) is 16.7. The van der Waals surface area contributed by atoms with Gasteiger partial charge in [-0.1, -0.05) is 13.8 Å². The highest BCUT2D eigenvalue weighted by molar-refractivity contribution is 7.92.